The van der Waals surface area contributed by atoms with Gasteiger partial charge in [0.1, 0.15) is 24.3 Å². The Hall–Kier alpha value is -2.92. The number of nitrogens with two attached hydrogens (primary N) is 1. The molecule has 2 unspecified atom stereocenters. The van der Waals surface area contributed by atoms with Gasteiger partial charge in [-0.25, -0.2) is 9.55 Å². The Morgan fingerprint density at radius 2 is 2.03 bits per heavy atom. The summed E-state index contributed by atoms with van der Waals surface area (Å²) in [4.78, 5) is 27.3. The molecule has 186 valence electrons. The maximum Gasteiger partial charge on any atom is 0.459 e. The third-order valence-electron chi connectivity index (χ3n) is 5.21. The topological polar surface area (TPSA) is 164 Å². The molecule has 1 aliphatic heterocycles. The molecule has 0 saturated carbocycles. The van der Waals surface area contributed by atoms with Crippen LogP contribution < -0.4 is 15.3 Å². The molecule has 4 N–H and O–H groups in total. The summed E-state index contributed by atoms with van der Waals surface area (Å²) >= 11 is 0. The van der Waals surface area contributed by atoms with Crippen molar-refractivity contribution in [3.63, 3.8) is 0 Å². The number of para-hydroxylation sites is 1. The average molecular weight is 496 g/mol. The van der Waals surface area contributed by atoms with Crippen LogP contribution in [-0.2, 0) is 23.4 Å². The third kappa shape index (κ3) is 6.15. The van der Waals surface area contributed by atoms with E-state index >= 15 is 0 Å². The summed E-state index contributed by atoms with van der Waals surface area (Å²) < 4.78 is 37.0. The number of carbonyl (C=O) groups is 2. The van der Waals surface area contributed by atoms with Crippen LogP contribution in [0.4, 0.5) is 0 Å². The van der Waals surface area contributed by atoms with E-state index in [0.717, 1.165) is 0 Å². The molecule has 2 aromatic rings. The van der Waals surface area contributed by atoms with Gasteiger partial charge >= 0.3 is 13.7 Å². The summed E-state index contributed by atoms with van der Waals surface area (Å²) in [5, 5.41) is 12.9. The third-order valence-corrected chi connectivity index (χ3v) is 6.75. The summed E-state index contributed by atoms with van der Waals surface area (Å²) in [7, 11) is -2.80. The number of rotatable bonds is 11. The van der Waals surface area contributed by atoms with E-state index in [1.54, 1.807) is 44.2 Å². The van der Waals surface area contributed by atoms with Crippen LogP contribution in [0.1, 0.15) is 43.4 Å². The van der Waals surface area contributed by atoms with Crippen LogP contribution in [0.3, 0.4) is 0 Å². The van der Waals surface area contributed by atoms with Gasteiger partial charge in [-0.15, -0.1) is 0 Å². The summed E-state index contributed by atoms with van der Waals surface area (Å²) in [6.07, 6.45) is 1.12. The molecule has 1 saturated heterocycles. The van der Waals surface area contributed by atoms with Crippen LogP contribution in [0.15, 0.2) is 36.7 Å². The maximum atomic E-state index is 13.6. The fraction of sp³-hybridized carbons (Fsp3) is 0.476. The van der Waals surface area contributed by atoms with Gasteiger partial charge in [0.25, 0.3) is 5.91 Å². The minimum Gasteiger partial charge on any atom is -0.493 e. The zero-order valence-electron chi connectivity index (χ0n) is 19.1. The number of aromatic nitrogens is 2. The van der Waals surface area contributed by atoms with Gasteiger partial charge in [0.2, 0.25) is 5.88 Å². The molecule has 4 atom stereocenters. The normalized spacial score (nSPS) is 20.6. The van der Waals surface area contributed by atoms with Gasteiger partial charge in [-0.1, -0.05) is 32.0 Å². The molecule has 0 spiro atoms. The summed E-state index contributed by atoms with van der Waals surface area (Å²) in [6, 6.07) is 7.48. The Bertz CT molecular complexity index is 1040. The van der Waals surface area contributed by atoms with E-state index in [1.165, 1.54) is 18.0 Å². The van der Waals surface area contributed by atoms with E-state index in [0.29, 0.717) is 18.6 Å². The SMILES string of the molecule is COC(=O)C(NP(=O)(OC[C@@H]1CC[C@H](n2cnc(C(N)=O)c2O)O1)Oc1ccccc1)C(C)C. The Balaban J connectivity index is 1.71. The van der Waals surface area contributed by atoms with Crippen LogP contribution in [0, 0.1) is 5.92 Å². The molecule has 1 amide bonds. The van der Waals surface area contributed by atoms with E-state index in [9.17, 15) is 19.3 Å². The number of aromatic hydroxyl groups is 1. The predicted octanol–water partition coefficient (Wildman–Crippen LogP) is 2.36. The first-order valence-corrected chi connectivity index (χ1v) is 12.2. The molecule has 1 aliphatic rings. The van der Waals surface area contributed by atoms with Crippen LogP contribution in [-0.4, -0.2) is 52.4 Å². The molecule has 0 radical (unpaired) electrons. The largest absolute Gasteiger partial charge is 0.493 e. The number of carbonyl (C=O) groups excluding carboxylic acids is 2. The van der Waals surface area contributed by atoms with Crippen molar-refractivity contribution in [3.05, 3.63) is 42.4 Å². The average Bonchev–Trinajstić information content (AvgIpc) is 3.42. The Labute approximate surface area is 196 Å². The maximum absolute atomic E-state index is 13.6. The van der Waals surface area contributed by atoms with Crippen molar-refractivity contribution in [2.75, 3.05) is 13.7 Å². The number of amides is 1. The van der Waals surface area contributed by atoms with Crippen molar-refractivity contribution in [3.8, 4) is 11.6 Å². The van der Waals surface area contributed by atoms with Crippen LogP contribution >= 0.6 is 7.75 Å². The molecular formula is C21H29N4O8P. The minimum atomic E-state index is -4.04. The first-order valence-electron chi connectivity index (χ1n) is 10.7. The number of methoxy groups -OCH3 is 1. The van der Waals surface area contributed by atoms with E-state index in [2.05, 4.69) is 10.1 Å². The van der Waals surface area contributed by atoms with Crippen molar-refractivity contribution in [1.82, 2.24) is 14.6 Å². The lowest BCUT2D eigenvalue weighted by Gasteiger charge is -2.27. The second-order valence-corrected chi connectivity index (χ2v) is 9.74. The lowest BCUT2D eigenvalue weighted by molar-refractivity contribution is -0.143. The first kappa shape index (κ1) is 25.7. The highest BCUT2D eigenvalue weighted by atomic mass is 31.2. The van der Waals surface area contributed by atoms with Crippen molar-refractivity contribution < 1.29 is 37.8 Å². The second-order valence-electron chi connectivity index (χ2n) is 8.05. The van der Waals surface area contributed by atoms with Crippen molar-refractivity contribution in [2.45, 2.75) is 45.1 Å². The summed E-state index contributed by atoms with van der Waals surface area (Å²) in [6.45, 7) is 3.41. The van der Waals surface area contributed by atoms with Crippen LogP contribution in [0.2, 0.25) is 0 Å². The number of imidazole rings is 1. The van der Waals surface area contributed by atoms with Gasteiger partial charge in [-0.05, 0) is 30.9 Å². The van der Waals surface area contributed by atoms with Gasteiger partial charge in [-0.2, -0.15) is 5.09 Å². The monoisotopic (exact) mass is 496 g/mol. The molecule has 0 bridgehead atoms. The van der Waals surface area contributed by atoms with Crippen molar-refractivity contribution >= 4 is 19.6 Å². The molecule has 13 heteroatoms. The lowest BCUT2D eigenvalue weighted by atomic mass is 10.1. The summed E-state index contributed by atoms with van der Waals surface area (Å²) in [5.41, 5.74) is 4.93. The zero-order valence-corrected chi connectivity index (χ0v) is 20.0. The van der Waals surface area contributed by atoms with Crippen LogP contribution in [0.5, 0.6) is 11.6 Å². The number of nitrogens with zero attached hydrogens (tertiary/aromatic N) is 2. The summed E-state index contributed by atoms with van der Waals surface area (Å²) in [5.74, 6) is -1.83. The minimum absolute atomic E-state index is 0.127. The Kier molecular flexibility index (Phi) is 8.32. The highest BCUT2D eigenvalue weighted by Crippen LogP contribution is 2.46. The van der Waals surface area contributed by atoms with E-state index in [-0.39, 0.29) is 18.2 Å². The molecule has 2 heterocycles. The lowest BCUT2D eigenvalue weighted by Crippen LogP contribution is -2.41. The molecule has 0 aliphatic carbocycles. The standard InChI is InChI=1S/C21H29N4O8P/c1-13(2)17(21(28)30-3)24-34(29,33-14-7-5-4-6-8-14)31-11-15-9-10-16(32-15)25-12-23-18(19(22)26)20(25)27/h4-8,12-13,15-17,27H,9-11H2,1-3H3,(H2,22,26)(H,24,29)/t15-,16+,17?,34?/m0/s1. The number of benzene rings is 1. The molecule has 12 nitrogen and oxygen atoms in total. The zero-order chi connectivity index (χ0) is 24.9. The van der Waals surface area contributed by atoms with E-state index in [1.807, 2.05) is 0 Å². The van der Waals surface area contributed by atoms with Gasteiger partial charge in [0.05, 0.1) is 19.8 Å². The number of esters is 1. The number of hydrogen-bond acceptors (Lipinski definition) is 9. The van der Waals surface area contributed by atoms with E-state index in [4.69, 9.17) is 24.3 Å². The van der Waals surface area contributed by atoms with Crippen molar-refractivity contribution in [1.29, 1.82) is 0 Å². The smallest absolute Gasteiger partial charge is 0.459 e. The van der Waals surface area contributed by atoms with Crippen LogP contribution in [0.25, 0.3) is 0 Å². The quantitative estimate of drug-likeness (QED) is 0.311. The highest BCUT2D eigenvalue weighted by Gasteiger charge is 2.38. The molecule has 1 fully saturated rings. The Morgan fingerprint density at radius 1 is 1.32 bits per heavy atom. The van der Waals surface area contributed by atoms with E-state index < -0.39 is 43.9 Å². The van der Waals surface area contributed by atoms with Gasteiger partial charge in [-0.3, -0.25) is 18.7 Å². The molecule has 3 rings (SSSR count). The number of hydrogen-bond donors (Lipinski definition) is 3. The Morgan fingerprint density at radius 3 is 2.62 bits per heavy atom. The fourth-order valence-corrected chi connectivity index (χ4v) is 5.10. The van der Waals surface area contributed by atoms with Crippen molar-refractivity contribution in [2.24, 2.45) is 11.7 Å². The predicted molar refractivity (Wildman–Crippen MR) is 120 cm³/mol. The van der Waals surface area contributed by atoms with Gasteiger partial charge < -0.3 is 24.8 Å². The highest BCUT2D eigenvalue weighted by molar-refractivity contribution is 7.52. The molecule has 1 aromatic heterocycles. The number of primary amides is 1. The number of nitrogens with one attached hydrogen (secondary N) is 1. The van der Waals surface area contributed by atoms with Gasteiger partial charge in [0, 0.05) is 0 Å². The van der Waals surface area contributed by atoms with Gasteiger partial charge in [0.15, 0.2) is 5.69 Å². The molecule has 34 heavy (non-hydrogen) atoms. The molecular weight excluding hydrogens is 467 g/mol. The second kappa shape index (κ2) is 11.0. The first-order chi connectivity index (χ1) is 16.1. The number of ether oxygens (including phenoxy) is 2. The fourth-order valence-electron chi connectivity index (χ4n) is 3.42. The molecule has 1 aromatic carbocycles.